The molecule has 0 aliphatic rings. The second kappa shape index (κ2) is 6.28. The Labute approximate surface area is 117 Å². The number of thiophene rings is 1. The number of nitrogens with two attached hydrogens (primary N) is 1. The van der Waals surface area contributed by atoms with Crippen molar-refractivity contribution in [1.29, 1.82) is 0 Å². The molecule has 2 nitrogen and oxygen atoms in total. The summed E-state index contributed by atoms with van der Waals surface area (Å²) in [6.45, 7) is 3.16. The number of hydrogen-bond donors (Lipinski definition) is 1. The van der Waals surface area contributed by atoms with E-state index in [4.69, 9.17) is 5.73 Å². The molecule has 1 aromatic carbocycles. The first-order valence-electron chi connectivity index (χ1n) is 6.30. The topological polar surface area (TPSA) is 29.3 Å². The molecule has 0 saturated carbocycles. The van der Waals surface area contributed by atoms with Crippen LogP contribution in [0.25, 0.3) is 0 Å². The molecule has 4 heteroatoms. The molecule has 0 aliphatic heterocycles. The lowest BCUT2D eigenvalue weighted by atomic mass is 10.0. The fraction of sp³-hybridized carbons (Fsp3) is 0.333. The van der Waals surface area contributed by atoms with Crippen molar-refractivity contribution in [2.24, 2.45) is 5.73 Å². The third kappa shape index (κ3) is 3.41. The van der Waals surface area contributed by atoms with Crippen LogP contribution in [0.4, 0.5) is 4.39 Å². The summed E-state index contributed by atoms with van der Waals surface area (Å²) < 4.78 is 13.3. The molecule has 0 fully saturated rings. The lowest BCUT2D eigenvalue weighted by Crippen LogP contribution is -2.30. The highest BCUT2D eigenvalue weighted by molar-refractivity contribution is 7.09. The van der Waals surface area contributed by atoms with Gasteiger partial charge in [0.25, 0.3) is 0 Å². The summed E-state index contributed by atoms with van der Waals surface area (Å²) in [6, 6.07) is 9.51. The molecule has 0 amide bonds. The summed E-state index contributed by atoms with van der Waals surface area (Å²) in [4.78, 5) is 3.51. The summed E-state index contributed by atoms with van der Waals surface area (Å²) in [5, 5.41) is 2.07. The van der Waals surface area contributed by atoms with Crippen molar-refractivity contribution < 1.29 is 4.39 Å². The van der Waals surface area contributed by atoms with Gasteiger partial charge in [0.15, 0.2) is 0 Å². The maximum atomic E-state index is 13.3. The lowest BCUT2D eigenvalue weighted by molar-refractivity contribution is 0.243. The van der Waals surface area contributed by atoms with Gasteiger partial charge < -0.3 is 5.73 Å². The van der Waals surface area contributed by atoms with Crippen LogP contribution >= 0.6 is 11.3 Å². The summed E-state index contributed by atoms with van der Waals surface area (Å²) in [5.41, 5.74) is 7.63. The average molecular weight is 278 g/mol. The predicted octanol–water partition coefficient (Wildman–Crippen LogP) is 3.33. The molecule has 0 saturated heterocycles. The fourth-order valence-electron chi connectivity index (χ4n) is 2.20. The molecule has 2 rings (SSSR count). The Bertz CT molecular complexity index is 525. The van der Waals surface area contributed by atoms with Crippen LogP contribution in [0.1, 0.15) is 22.0 Å². The molecule has 1 aromatic heterocycles. The van der Waals surface area contributed by atoms with E-state index in [1.165, 1.54) is 10.9 Å². The Hall–Kier alpha value is -1.23. The average Bonchev–Trinajstić information content (AvgIpc) is 2.87. The van der Waals surface area contributed by atoms with Gasteiger partial charge in [0.05, 0.1) is 0 Å². The molecule has 0 bridgehead atoms. The van der Waals surface area contributed by atoms with E-state index >= 15 is 0 Å². The zero-order chi connectivity index (χ0) is 13.8. The standard InChI is InChI=1S/C15H19FN2S/c1-11-8-12(5-6-14(11)16)15(9-17)18(2)10-13-4-3-7-19-13/h3-8,15H,9-10,17H2,1-2H3. The van der Waals surface area contributed by atoms with Crippen molar-refractivity contribution in [3.63, 3.8) is 0 Å². The second-order valence-electron chi connectivity index (χ2n) is 4.75. The minimum atomic E-state index is -0.166. The Kier molecular flexibility index (Phi) is 4.69. The number of aryl methyl sites for hydroxylation is 1. The molecule has 0 aliphatic carbocycles. The first-order chi connectivity index (χ1) is 9.11. The van der Waals surface area contributed by atoms with Crippen molar-refractivity contribution in [3.05, 3.63) is 57.5 Å². The Morgan fingerprint density at radius 2 is 2.16 bits per heavy atom. The van der Waals surface area contributed by atoms with Gasteiger partial charge in [-0.15, -0.1) is 11.3 Å². The molecule has 0 spiro atoms. The van der Waals surface area contributed by atoms with Crippen LogP contribution in [0.5, 0.6) is 0 Å². The van der Waals surface area contributed by atoms with Crippen molar-refractivity contribution in [2.75, 3.05) is 13.6 Å². The van der Waals surface area contributed by atoms with E-state index in [-0.39, 0.29) is 11.9 Å². The Balaban J connectivity index is 2.16. The monoisotopic (exact) mass is 278 g/mol. The molecule has 2 N–H and O–H groups in total. The second-order valence-corrected chi connectivity index (χ2v) is 5.79. The van der Waals surface area contributed by atoms with E-state index in [0.29, 0.717) is 12.1 Å². The number of halogens is 1. The van der Waals surface area contributed by atoms with Crippen LogP contribution in [0.2, 0.25) is 0 Å². The fourth-order valence-corrected chi connectivity index (χ4v) is 2.97. The SMILES string of the molecule is Cc1cc(C(CN)N(C)Cc2cccs2)ccc1F. The van der Waals surface area contributed by atoms with E-state index in [9.17, 15) is 4.39 Å². The number of benzene rings is 1. The predicted molar refractivity (Wildman–Crippen MR) is 78.7 cm³/mol. The largest absolute Gasteiger partial charge is 0.329 e. The smallest absolute Gasteiger partial charge is 0.126 e. The van der Waals surface area contributed by atoms with Crippen molar-refractivity contribution >= 4 is 11.3 Å². The quantitative estimate of drug-likeness (QED) is 0.909. The third-order valence-electron chi connectivity index (χ3n) is 3.31. The molecule has 0 radical (unpaired) electrons. The van der Waals surface area contributed by atoms with E-state index in [1.54, 1.807) is 18.3 Å². The minimum Gasteiger partial charge on any atom is -0.329 e. The Morgan fingerprint density at radius 3 is 2.74 bits per heavy atom. The lowest BCUT2D eigenvalue weighted by Gasteiger charge is -2.27. The van der Waals surface area contributed by atoms with Crippen LogP contribution < -0.4 is 5.73 Å². The van der Waals surface area contributed by atoms with Gasteiger partial charge in [-0.25, -0.2) is 4.39 Å². The van der Waals surface area contributed by atoms with Crippen molar-refractivity contribution in [2.45, 2.75) is 19.5 Å². The van der Waals surface area contributed by atoms with Crippen LogP contribution in [0.15, 0.2) is 35.7 Å². The highest BCUT2D eigenvalue weighted by atomic mass is 32.1. The highest BCUT2D eigenvalue weighted by Crippen LogP contribution is 2.23. The van der Waals surface area contributed by atoms with Crippen LogP contribution in [0, 0.1) is 12.7 Å². The van der Waals surface area contributed by atoms with Gasteiger partial charge in [0.2, 0.25) is 0 Å². The van der Waals surface area contributed by atoms with E-state index in [1.807, 2.05) is 18.2 Å². The molecular formula is C15H19FN2S. The molecule has 102 valence electrons. The van der Waals surface area contributed by atoms with Gasteiger partial charge >= 0.3 is 0 Å². The minimum absolute atomic E-state index is 0.112. The van der Waals surface area contributed by atoms with Crippen molar-refractivity contribution in [1.82, 2.24) is 4.90 Å². The van der Waals surface area contributed by atoms with E-state index in [2.05, 4.69) is 23.4 Å². The maximum absolute atomic E-state index is 13.3. The summed E-state index contributed by atoms with van der Waals surface area (Å²) in [7, 11) is 2.05. The van der Waals surface area contributed by atoms with Gasteiger partial charge in [-0.3, -0.25) is 4.90 Å². The highest BCUT2D eigenvalue weighted by Gasteiger charge is 2.16. The van der Waals surface area contributed by atoms with Crippen molar-refractivity contribution in [3.8, 4) is 0 Å². The molecular weight excluding hydrogens is 259 g/mol. The van der Waals surface area contributed by atoms with Gasteiger partial charge in [-0.1, -0.05) is 18.2 Å². The van der Waals surface area contributed by atoms with Gasteiger partial charge in [0, 0.05) is 24.0 Å². The molecule has 1 unspecified atom stereocenters. The van der Waals surface area contributed by atoms with Crippen LogP contribution in [0.3, 0.4) is 0 Å². The Morgan fingerprint density at radius 1 is 1.37 bits per heavy atom. The number of rotatable bonds is 5. The van der Waals surface area contributed by atoms with E-state index < -0.39 is 0 Å². The van der Waals surface area contributed by atoms with Gasteiger partial charge in [0.1, 0.15) is 5.82 Å². The summed E-state index contributed by atoms with van der Waals surface area (Å²) >= 11 is 1.74. The maximum Gasteiger partial charge on any atom is 0.126 e. The third-order valence-corrected chi connectivity index (χ3v) is 4.17. The normalized spacial score (nSPS) is 12.9. The molecule has 1 atom stereocenters. The molecule has 19 heavy (non-hydrogen) atoms. The van der Waals surface area contributed by atoms with Gasteiger partial charge in [-0.05, 0) is 42.6 Å². The van der Waals surface area contributed by atoms with E-state index in [0.717, 1.165) is 12.1 Å². The van der Waals surface area contributed by atoms with Crippen LogP contribution in [-0.4, -0.2) is 18.5 Å². The van der Waals surface area contributed by atoms with Crippen LogP contribution in [-0.2, 0) is 6.54 Å². The number of likely N-dealkylation sites (N-methyl/N-ethyl adjacent to an activating group) is 1. The van der Waals surface area contributed by atoms with Gasteiger partial charge in [-0.2, -0.15) is 0 Å². The zero-order valence-electron chi connectivity index (χ0n) is 11.3. The number of hydrogen-bond acceptors (Lipinski definition) is 3. The molecule has 2 aromatic rings. The first-order valence-corrected chi connectivity index (χ1v) is 7.18. The first kappa shape index (κ1) is 14.2. The molecule has 1 heterocycles. The summed E-state index contributed by atoms with van der Waals surface area (Å²) in [5.74, 6) is -0.166. The summed E-state index contributed by atoms with van der Waals surface area (Å²) in [6.07, 6.45) is 0. The number of nitrogens with zero attached hydrogens (tertiary/aromatic N) is 1. The zero-order valence-corrected chi connectivity index (χ0v) is 12.1.